The van der Waals surface area contributed by atoms with Crippen molar-refractivity contribution < 1.29 is 22.6 Å². The fraction of sp³-hybridized carbons (Fsp3) is 0.476. The van der Waals surface area contributed by atoms with Crippen LogP contribution in [0.25, 0.3) is 11.2 Å². The van der Waals surface area contributed by atoms with E-state index in [2.05, 4.69) is 24.4 Å². The van der Waals surface area contributed by atoms with E-state index in [0.29, 0.717) is 24.4 Å². The average Bonchev–Trinajstić information content (AvgIpc) is 3.05. The molecule has 0 unspecified atom stereocenters. The van der Waals surface area contributed by atoms with Gasteiger partial charge in [0.05, 0.1) is 31.3 Å². The van der Waals surface area contributed by atoms with Crippen molar-refractivity contribution in [3.05, 3.63) is 42.0 Å². The van der Waals surface area contributed by atoms with Crippen molar-refractivity contribution in [1.82, 2.24) is 24.4 Å². The molecule has 0 N–H and O–H groups in total. The molecule has 3 aromatic rings. The molecule has 2 fully saturated rings. The number of ether oxygens (including phenoxy) is 2. The SMILES string of the molecule is COc1cc(C(F)(F)F)cnc1OC[C@@H]1[C@H]2CN(Cc3nc4ncccc4n3C)C[C@@H]12. The molecule has 1 aliphatic carbocycles. The lowest BCUT2D eigenvalue weighted by Gasteiger charge is -2.19. The summed E-state index contributed by atoms with van der Waals surface area (Å²) in [6.07, 6.45) is -1.95. The molecule has 0 amide bonds. The quantitative estimate of drug-likeness (QED) is 0.595. The van der Waals surface area contributed by atoms with Gasteiger partial charge in [0.1, 0.15) is 5.82 Å². The Morgan fingerprint density at radius 3 is 2.65 bits per heavy atom. The minimum atomic E-state index is -4.47. The molecular weight excluding hydrogens is 411 g/mol. The Morgan fingerprint density at radius 1 is 1.19 bits per heavy atom. The Kier molecular flexibility index (Phi) is 4.76. The maximum Gasteiger partial charge on any atom is 0.418 e. The van der Waals surface area contributed by atoms with E-state index in [-0.39, 0.29) is 11.6 Å². The van der Waals surface area contributed by atoms with Crippen LogP contribution in [0.2, 0.25) is 0 Å². The number of hydrogen-bond acceptors (Lipinski definition) is 6. The number of nitrogens with zero attached hydrogens (tertiary/aromatic N) is 5. The van der Waals surface area contributed by atoms with Crippen LogP contribution in [0.4, 0.5) is 13.2 Å². The van der Waals surface area contributed by atoms with Crippen LogP contribution in [-0.2, 0) is 19.8 Å². The number of aryl methyl sites for hydroxylation is 1. The summed E-state index contributed by atoms with van der Waals surface area (Å²) in [5, 5.41) is 0. The second kappa shape index (κ2) is 7.37. The Labute approximate surface area is 176 Å². The first-order chi connectivity index (χ1) is 14.8. The van der Waals surface area contributed by atoms with Gasteiger partial charge in [0.2, 0.25) is 0 Å². The molecule has 0 aromatic carbocycles. The van der Waals surface area contributed by atoms with Gasteiger partial charge < -0.3 is 14.0 Å². The van der Waals surface area contributed by atoms with Gasteiger partial charge in [-0.2, -0.15) is 13.2 Å². The van der Waals surface area contributed by atoms with Crippen molar-refractivity contribution in [2.45, 2.75) is 12.7 Å². The predicted octanol–water partition coefficient (Wildman–Crippen LogP) is 3.15. The third kappa shape index (κ3) is 3.69. The number of piperidine rings is 1. The van der Waals surface area contributed by atoms with Crippen LogP contribution in [0, 0.1) is 17.8 Å². The number of methoxy groups -OCH3 is 1. The van der Waals surface area contributed by atoms with E-state index in [0.717, 1.165) is 48.9 Å². The van der Waals surface area contributed by atoms with Crippen LogP contribution in [-0.4, -0.2) is 51.2 Å². The Hall–Kier alpha value is -2.88. The highest BCUT2D eigenvalue weighted by Gasteiger charge is 2.55. The number of fused-ring (bicyclic) bond motifs is 2. The number of hydrogen-bond donors (Lipinski definition) is 0. The summed E-state index contributed by atoms with van der Waals surface area (Å²) in [5.74, 6) is 2.51. The summed E-state index contributed by atoms with van der Waals surface area (Å²) in [6, 6.07) is 4.84. The number of alkyl halides is 3. The standard InChI is InChI=1S/C21H22F3N5O2/c1-28-16-4-3-5-25-19(16)27-18(28)10-29-8-13-14(9-29)15(13)11-31-20-17(30-2)6-12(7-26-20)21(22,23)24/h3-7,13-15H,8-11H2,1-2H3/t13-,14+,15+. The third-order valence-corrected chi connectivity index (χ3v) is 6.34. The van der Waals surface area contributed by atoms with Gasteiger partial charge in [-0.1, -0.05) is 0 Å². The fourth-order valence-electron chi connectivity index (χ4n) is 4.54. The molecule has 7 nitrogen and oxygen atoms in total. The number of imidazole rings is 1. The van der Waals surface area contributed by atoms with Crippen LogP contribution in [0.3, 0.4) is 0 Å². The van der Waals surface area contributed by atoms with Crippen molar-refractivity contribution >= 4 is 11.2 Å². The second-order valence-electron chi connectivity index (χ2n) is 8.16. The van der Waals surface area contributed by atoms with Gasteiger partial charge in [0.25, 0.3) is 5.88 Å². The molecule has 164 valence electrons. The van der Waals surface area contributed by atoms with Crippen molar-refractivity contribution in [2.24, 2.45) is 24.8 Å². The highest BCUT2D eigenvalue weighted by Crippen LogP contribution is 2.52. The van der Waals surface area contributed by atoms with E-state index >= 15 is 0 Å². The van der Waals surface area contributed by atoms with Gasteiger partial charge in [-0.3, -0.25) is 4.90 Å². The molecule has 4 heterocycles. The minimum Gasteiger partial charge on any atom is -0.491 e. The van der Waals surface area contributed by atoms with Crippen molar-refractivity contribution in [2.75, 3.05) is 26.8 Å². The second-order valence-corrected chi connectivity index (χ2v) is 8.16. The van der Waals surface area contributed by atoms with Crippen LogP contribution in [0.15, 0.2) is 30.6 Å². The normalized spacial score (nSPS) is 23.2. The zero-order valence-corrected chi connectivity index (χ0v) is 17.1. The zero-order valence-electron chi connectivity index (χ0n) is 17.1. The first-order valence-corrected chi connectivity index (χ1v) is 10.1. The van der Waals surface area contributed by atoms with Crippen LogP contribution < -0.4 is 9.47 Å². The first kappa shape index (κ1) is 20.0. The van der Waals surface area contributed by atoms with E-state index in [1.807, 2.05) is 19.2 Å². The highest BCUT2D eigenvalue weighted by atomic mass is 19.4. The minimum absolute atomic E-state index is 0.00211. The molecule has 0 spiro atoms. The smallest absolute Gasteiger partial charge is 0.418 e. The lowest BCUT2D eigenvalue weighted by atomic mass is 10.2. The van der Waals surface area contributed by atoms with Crippen LogP contribution in [0.5, 0.6) is 11.6 Å². The van der Waals surface area contributed by atoms with Crippen LogP contribution in [0.1, 0.15) is 11.4 Å². The summed E-state index contributed by atoms with van der Waals surface area (Å²) < 4.78 is 51.4. The monoisotopic (exact) mass is 433 g/mol. The van der Waals surface area contributed by atoms with Gasteiger partial charge >= 0.3 is 6.18 Å². The van der Waals surface area contributed by atoms with Crippen molar-refractivity contribution in [3.63, 3.8) is 0 Å². The number of rotatable bonds is 6. The summed E-state index contributed by atoms with van der Waals surface area (Å²) >= 11 is 0. The van der Waals surface area contributed by atoms with E-state index in [4.69, 9.17) is 9.47 Å². The van der Waals surface area contributed by atoms with E-state index < -0.39 is 11.7 Å². The maximum atomic E-state index is 12.8. The Morgan fingerprint density at radius 2 is 1.97 bits per heavy atom. The number of likely N-dealkylation sites (tertiary alicyclic amines) is 1. The molecule has 3 atom stereocenters. The molecule has 10 heteroatoms. The molecule has 0 bridgehead atoms. The topological polar surface area (TPSA) is 65.3 Å². The van der Waals surface area contributed by atoms with Gasteiger partial charge in [0, 0.05) is 38.4 Å². The van der Waals surface area contributed by atoms with Gasteiger partial charge in [-0.05, 0) is 30.0 Å². The molecule has 1 aliphatic heterocycles. The Bertz CT molecular complexity index is 1100. The van der Waals surface area contributed by atoms with Crippen molar-refractivity contribution in [3.8, 4) is 11.6 Å². The molecule has 3 aromatic heterocycles. The summed E-state index contributed by atoms with van der Waals surface area (Å²) in [7, 11) is 3.31. The number of aromatic nitrogens is 4. The summed E-state index contributed by atoms with van der Waals surface area (Å²) in [4.78, 5) is 15.1. The van der Waals surface area contributed by atoms with Gasteiger partial charge in [0.15, 0.2) is 11.4 Å². The molecular formula is C21H22F3N5O2. The molecule has 31 heavy (non-hydrogen) atoms. The molecule has 5 rings (SSSR count). The first-order valence-electron chi connectivity index (χ1n) is 10.1. The third-order valence-electron chi connectivity index (χ3n) is 6.34. The van der Waals surface area contributed by atoms with E-state index in [1.165, 1.54) is 7.11 Å². The Balaban J connectivity index is 1.16. The van der Waals surface area contributed by atoms with Crippen molar-refractivity contribution in [1.29, 1.82) is 0 Å². The predicted molar refractivity (Wildman–Crippen MR) is 106 cm³/mol. The van der Waals surface area contributed by atoms with Gasteiger partial charge in [-0.15, -0.1) is 0 Å². The molecule has 1 saturated heterocycles. The van der Waals surface area contributed by atoms with E-state index in [1.54, 1.807) is 6.20 Å². The number of pyridine rings is 2. The maximum absolute atomic E-state index is 12.8. The lowest BCUT2D eigenvalue weighted by molar-refractivity contribution is -0.138. The summed E-state index contributed by atoms with van der Waals surface area (Å²) in [6.45, 7) is 3.09. The largest absolute Gasteiger partial charge is 0.491 e. The van der Waals surface area contributed by atoms with Gasteiger partial charge in [-0.25, -0.2) is 15.0 Å². The lowest BCUT2D eigenvalue weighted by Crippen LogP contribution is -2.26. The average molecular weight is 433 g/mol. The molecule has 1 saturated carbocycles. The summed E-state index contributed by atoms with van der Waals surface area (Å²) in [5.41, 5.74) is 0.924. The van der Waals surface area contributed by atoms with Crippen LogP contribution >= 0.6 is 0 Å². The highest BCUT2D eigenvalue weighted by molar-refractivity contribution is 5.71. The zero-order chi connectivity index (χ0) is 21.8. The fourth-order valence-corrected chi connectivity index (χ4v) is 4.54. The molecule has 0 radical (unpaired) electrons. The van der Waals surface area contributed by atoms with E-state index in [9.17, 15) is 13.2 Å². The molecule has 2 aliphatic rings. The number of halogens is 3.